The Kier molecular flexibility index (Phi) is 4.83. The first-order valence-corrected chi connectivity index (χ1v) is 9.86. The summed E-state index contributed by atoms with van der Waals surface area (Å²) >= 11 is 1.81. The average molecular weight is 393 g/mol. The number of amides is 1. The molecule has 1 aliphatic rings. The van der Waals surface area contributed by atoms with Crippen LogP contribution in [0.2, 0.25) is 0 Å². The number of thiophene rings is 1. The van der Waals surface area contributed by atoms with Gasteiger partial charge in [0.05, 0.1) is 4.92 Å². The first kappa shape index (κ1) is 18.2. The van der Waals surface area contributed by atoms with Crippen LogP contribution in [-0.2, 0) is 13.0 Å². The topological polar surface area (TPSA) is 75.5 Å². The van der Waals surface area contributed by atoms with E-state index in [0.717, 1.165) is 25.2 Å². The number of anilines is 2. The molecule has 0 fully saturated rings. The Morgan fingerprint density at radius 1 is 1.18 bits per heavy atom. The number of aryl methyl sites for hydroxylation is 1. The quantitative estimate of drug-likeness (QED) is 0.511. The van der Waals surface area contributed by atoms with Crippen LogP contribution in [-0.4, -0.2) is 17.4 Å². The Morgan fingerprint density at radius 2 is 1.96 bits per heavy atom. The van der Waals surface area contributed by atoms with Crippen molar-refractivity contribution in [3.05, 3.63) is 85.6 Å². The highest BCUT2D eigenvalue weighted by atomic mass is 32.1. The van der Waals surface area contributed by atoms with Gasteiger partial charge in [-0.1, -0.05) is 12.1 Å². The van der Waals surface area contributed by atoms with E-state index in [1.807, 2.05) is 35.6 Å². The van der Waals surface area contributed by atoms with Crippen LogP contribution in [0.15, 0.2) is 53.9 Å². The minimum atomic E-state index is -0.512. The van der Waals surface area contributed by atoms with Crippen LogP contribution in [0.3, 0.4) is 0 Å². The summed E-state index contributed by atoms with van der Waals surface area (Å²) in [6.07, 6.45) is 1.04. The number of nitrogens with zero attached hydrogens (tertiary/aromatic N) is 2. The van der Waals surface area contributed by atoms with Crippen molar-refractivity contribution in [2.45, 2.75) is 19.9 Å². The van der Waals surface area contributed by atoms with Gasteiger partial charge in [0.25, 0.3) is 11.6 Å². The summed E-state index contributed by atoms with van der Waals surface area (Å²) in [5, 5.41) is 16.2. The van der Waals surface area contributed by atoms with Crippen molar-refractivity contribution < 1.29 is 9.72 Å². The number of nitro benzene ring substituents is 1. The van der Waals surface area contributed by atoms with Gasteiger partial charge in [0.15, 0.2) is 0 Å². The zero-order chi connectivity index (χ0) is 19.7. The van der Waals surface area contributed by atoms with Gasteiger partial charge in [-0.05, 0) is 60.7 Å². The van der Waals surface area contributed by atoms with E-state index in [1.54, 1.807) is 19.1 Å². The average Bonchev–Trinajstić information content (AvgIpc) is 3.16. The molecule has 1 aromatic heterocycles. The minimum Gasteiger partial charge on any atom is -0.367 e. The molecule has 0 spiro atoms. The predicted molar refractivity (Wildman–Crippen MR) is 111 cm³/mol. The Bertz CT molecular complexity index is 1040. The van der Waals surface area contributed by atoms with Crippen molar-refractivity contribution in [2.75, 3.05) is 16.8 Å². The molecular weight excluding hydrogens is 374 g/mol. The molecule has 1 N–H and O–H groups in total. The van der Waals surface area contributed by atoms with E-state index < -0.39 is 10.8 Å². The number of fused-ring (bicyclic) bond motifs is 1. The number of hydrogen-bond acceptors (Lipinski definition) is 5. The number of carbonyl (C=O) groups is 1. The lowest BCUT2D eigenvalue weighted by molar-refractivity contribution is -0.385. The van der Waals surface area contributed by atoms with Crippen LogP contribution < -0.4 is 10.2 Å². The molecular formula is C21H19N3O3S. The second-order valence-corrected chi connectivity index (χ2v) is 7.77. The summed E-state index contributed by atoms with van der Waals surface area (Å²) in [6.45, 7) is 3.48. The first-order valence-electron chi connectivity index (χ1n) is 8.98. The smallest absolute Gasteiger partial charge is 0.285 e. The summed E-state index contributed by atoms with van der Waals surface area (Å²) in [7, 11) is 0. The molecule has 0 radical (unpaired) electrons. The van der Waals surface area contributed by atoms with Gasteiger partial charge < -0.3 is 10.2 Å². The Morgan fingerprint density at radius 3 is 2.71 bits per heavy atom. The third kappa shape index (κ3) is 3.48. The van der Waals surface area contributed by atoms with Crippen LogP contribution >= 0.6 is 11.3 Å². The molecule has 6 nitrogen and oxygen atoms in total. The molecule has 1 aliphatic heterocycles. The summed E-state index contributed by atoms with van der Waals surface area (Å²) < 4.78 is 0. The summed E-state index contributed by atoms with van der Waals surface area (Å²) in [6, 6.07) is 14.5. The van der Waals surface area contributed by atoms with Crippen LogP contribution in [0.1, 0.15) is 26.4 Å². The lowest BCUT2D eigenvalue weighted by Crippen LogP contribution is -2.29. The standard InChI is InChI=1S/C21H19N3O3S/c1-14-3-2-4-18(20(14)24(26)27)21(25)22-16-5-7-17(8-6-16)23-11-9-19-15(13-23)10-12-28-19/h2-8,10,12H,9,11,13H2,1H3,(H,22,25). The van der Waals surface area contributed by atoms with Crippen LogP contribution in [0.4, 0.5) is 17.1 Å². The molecule has 0 aliphatic carbocycles. The van der Waals surface area contributed by atoms with Gasteiger partial charge in [-0.3, -0.25) is 14.9 Å². The molecule has 0 atom stereocenters. The number of rotatable bonds is 4. The third-order valence-electron chi connectivity index (χ3n) is 4.96. The van der Waals surface area contributed by atoms with Crippen LogP contribution in [0.5, 0.6) is 0 Å². The molecule has 28 heavy (non-hydrogen) atoms. The number of benzene rings is 2. The van der Waals surface area contributed by atoms with Gasteiger partial charge >= 0.3 is 0 Å². The molecule has 142 valence electrons. The number of para-hydroxylation sites is 1. The highest BCUT2D eigenvalue weighted by Gasteiger charge is 2.22. The molecule has 2 heterocycles. The van der Waals surface area contributed by atoms with Crippen molar-refractivity contribution >= 4 is 34.3 Å². The zero-order valence-corrected chi connectivity index (χ0v) is 16.2. The second kappa shape index (κ2) is 7.44. The molecule has 0 bridgehead atoms. The molecule has 1 amide bonds. The van der Waals surface area contributed by atoms with Crippen LogP contribution in [0.25, 0.3) is 0 Å². The van der Waals surface area contributed by atoms with E-state index in [0.29, 0.717) is 11.3 Å². The number of nitro groups is 1. The second-order valence-electron chi connectivity index (χ2n) is 6.77. The van der Waals surface area contributed by atoms with Crippen molar-refractivity contribution in [2.24, 2.45) is 0 Å². The summed E-state index contributed by atoms with van der Waals surface area (Å²) in [5.41, 5.74) is 3.45. The first-order chi connectivity index (χ1) is 13.5. The van der Waals surface area contributed by atoms with E-state index in [-0.39, 0.29) is 11.3 Å². The highest BCUT2D eigenvalue weighted by molar-refractivity contribution is 7.10. The van der Waals surface area contributed by atoms with Gasteiger partial charge in [-0.2, -0.15) is 0 Å². The lowest BCUT2D eigenvalue weighted by Gasteiger charge is -2.29. The fourth-order valence-corrected chi connectivity index (χ4v) is 4.40. The van der Waals surface area contributed by atoms with E-state index in [1.165, 1.54) is 16.5 Å². The third-order valence-corrected chi connectivity index (χ3v) is 5.99. The van der Waals surface area contributed by atoms with E-state index in [2.05, 4.69) is 21.7 Å². The molecule has 2 aromatic carbocycles. The predicted octanol–water partition coefficient (Wildman–Crippen LogP) is 4.78. The van der Waals surface area contributed by atoms with Gasteiger partial charge in [-0.25, -0.2) is 0 Å². The van der Waals surface area contributed by atoms with Gasteiger partial charge in [-0.15, -0.1) is 11.3 Å². The summed E-state index contributed by atoms with van der Waals surface area (Å²) in [5.74, 6) is -0.482. The largest absolute Gasteiger partial charge is 0.367 e. The maximum absolute atomic E-state index is 12.6. The molecule has 7 heteroatoms. The fourth-order valence-electron chi connectivity index (χ4n) is 3.51. The van der Waals surface area contributed by atoms with Gasteiger partial charge in [0.1, 0.15) is 5.56 Å². The molecule has 4 rings (SSSR count). The highest BCUT2D eigenvalue weighted by Crippen LogP contribution is 2.29. The lowest BCUT2D eigenvalue weighted by atomic mass is 10.1. The van der Waals surface area contributed by atoms with Gasteiger partial charge in [0, 0.05) is 34.9 Å². The van der Waals surface area contributed by atoms with Gasteiger partial charge in [0.2, 0.25) is 0 Å². The Labute approximate surface area is 166 Å². The SMILES string of the molecule is Cc1cccc(C(=O)Nc2ccc(N3CCc4sccc4C3)cc2)c1[N+](=O)[O-]. The molecule has 0 saturated carbocycles. The maximum Gasteiger partial charge on any atom is 0.285 e. The molecule has 3 aromatic rings. The van der Waals surface area contributed by atoms with Crippen molar-refractivity contribution in [3.63, 3.8) is 0 Å². The van der Waals surface area contributed by atoms with Crippen molar-refractivity contribution in [3.8, 4) is 0 Å². The van der Waals surface area contributed by atoms with Crippen LogP contribution in [0, 0.1) is 17.0 Å². The number of hydrogen-bond donors (Lipinski definition) is 1. The molecule has 0 unspecified atom stereocenters. The summed E-state index contributed by atoms with van der Waals surface area (Å²) in [4.78, 5) is 27.1. The minimum absolute atomic E-state index is 0.0649. The van der Waals surface area contributed by atoms with Crippen molar-refractivity contribution in [1.29, 1.82) is 0 Å². The molecule has 0 saturated heterocycles. The maximum atomic E-state index is 12.6. The number of carbonyl (C=O) groups excluding carboxylic acids is 1. The zero-order valence-electron chi connectivity index (χ0n) is 15.3. The normalized spacial score (nSPS) is 13.1. The van der Waals surface area contributed by atoms with E-state index in [4.69, 9.17) is 0 Å². The van der Waals surface area contributed by atoms with Crippen molar-refractivity contribution in [1.82, 2.24) is 0 Å². The Hall–Kier alpha value is -3.19. The Balaban J connectivity index is 1.49. The fraction of sp³-hybridized carbons (Fsp3) is 0.190. The number of nitrogens with one attached hydrogen (secondary N) is 1. The van der Waals surface area contributed by atoms with E-state index >= 15 is 0 Å². The van der Waals surface area contributed by atoms with E-state index in [9.17, 15) is 14.9 Å². The monoisotopic (exact) mass is 393 g/mol.